The molecule has 1 aromatic carbocycles. The second-order valence-corrected chi connectivity index (χ2v) is 5.62. The minimum Gasteiger partial charge on any atom is -0.490 e. The summed E-state index contributed by atoms with van der Waals surface area (Å²) in [5.41, 5.74) is 6.44. The average molecular weight is 313 g/mol. The molecule has 1 fully saturated rings. The van der Waals surface area contributed by atoms with Gasteiger partial charge >= 0.3 is 0 Å². The molecule has 0 aliphatic heterocycles. The molecule has 21 heavy (non-hydrogen) atoms. The number of carbonyl (C=O) groups is 1. The average Bonchev–Trinajstić information content (AvgIpc) is 2.89. The molecule has 1 unspecified atom stereocenters. The first kappa shape index (κ1) is 17.8. The molecule has 0 bridgehead atoms. The van der Waals surface area contributed by atoms with Crippen molar-refractivity contribution in [2.24, 2.45) is 5.73 Å². The van der Waals surface area contributed by atoms with Crippen LogP contribution in [0.3, 0.4) is 0 Å². The maximum atomic E-state index is 11.8. The number of nitrogens with two attached hydrogens (primary N) is 1. The van der Waals surface area contributed by atoms with Crippen molar-refractivity contribution in [3.63, 3.8) is 0 Å². The third-order valence-electron chi connectivity index (χ3n) is 3.55. The smallest absolute Gasteiger partial charge is 0.224 e. The van der Waals surface area contributed by atoms with Crippen LogP contribution in [0.2, 0.25) is 0 Å². The number of benzene rings is 1. The van der Waals surface area contributed by atoms with Crippen molar-refractivity contribution >= 4 is 24.0 Å². The summed E-state index contributed by atoms with van der Waals surface area (Å²) in [5.74, 6) is 0.835. The van der Waals surface area contributed by atoms with Crippen LogP contribution in [0.1, 0.15) is 45.4 Å². The van der Waals surface area contributed by atoms with Gasteiger partial charge in [-0.15, -0.1) is 12.4 Å². The number of ether oxygens (including phenoxy) is 1. The van der Waals surface area contributed by atoms with Crippen molar-refractivity contribution in [3.8, 4) is 5.75 Å². The van der Waals surface area contributed by atoms with E-state index in [0.29, 0.717) is 18.9 Å². The van der Waals surface area contributed by atoms with Crippen molar-refractivity contribution in [2.75, 3.05) is 5.32 Å². The first-order valence-corrected chi connectivity index (χ1v) is 7.45. The Morgan fingerprint density at radius 2 is 2.14 bits per heavy atom. The standard InChI is InChI=1S/C16H24N2O2.ClH/c1-12(17)9-10-16(19)18-13-5-4-8-15(11-13)20-14-6-2-3-7-14;/h4-5,8,11-12,14H,2-3,6-7,9-10,17H2,1H3,(H,18,19);1H. The van der Waals surface area contributed by atoms with E-state index in [0.717, 1.165) is 24.3 Å². The maximum Gasteiger partial charge on any atom is 0.224 e. The summed E-state index contributed by atoms with van der Waals surface area (Å²) in [7, 11) is 0. The van der Waals surface area contributed by atoms with E-state index in [9.17, 15) is 4.79 Å². The van der Waals surface area contributed by atoms with E-state index < -0.39 is 0 Å². The minimum atomic E-state index is 0. The van der Waals surface area contributed by atoms with Gasteiger partial charge < -0.3 is 15.8 Å². The predicted molar refractivity (Wildman–Crippen MR) is 88.1 cm³/mol. The van der Waals surface area contributed by atoms with Crippen LogP contribution in [-0.4, -0.2) is 18.1 Å². The lowest BCUT2D eigenvalue weighted by Crippen LogP contribution is -2.19. The van der Waals surface area contributed by atoms with E-state index in [1.54, 1.807) is 0 Å². The molecule has 0 aromatic heterocycles. The molecule has 1 aliphatic rings. The second-order valence-electron chi connectivity index (χ2n) is 5.62. The number of carbonyl (C=O) groups excluding carboxylic acids is 1. The molecule has 2 rings (SSSR count). The first-order valence-electron chi connectivity index (χ1n) is 7.45. The Balaban J connectivity index is 0.00000220. The van der Waals surface area contributed by atoms with Crippen LogP contribution >= 0.6 is 12.4 Å². The molecule has 0 heterocycles. The lowest BCUT2D eigenvalue weighted by molar-refractivity contribution is -0.116. The van der Waals surface area contributed by atoms with E-state index in [1.165, 1.54) is 12.8 Å². The van der Waals surface area contributed by atoms with Crippen LogP contribution in [0.5, 0.6) is 5.75 Å². The number of rotatable bonds is 6. The van der Waals surface area contributed by atoms with Gasteiger partial charge in [0.25, 0.3) is 0 Å². The molecule has 1 atom stereocenters. The van der Waals surface area contributed by atoms with E-state index in [2.05, 4.69) is 5.32 Å². The van der Waals surface area contributed by atoms with Crippen LogP contribution in [0.4, 0.5) is 5.69 Å². The zero-order valence-electron chi connectivity index (χ0n) is 12.5. The fourth-order valence-corrected chi connectivity index (χ4v) is 2.43. The zero-order valence-corrected chi connectivity index (χ0v) is 13.3. The summed E-state index contributed by atoms with van der Waals surface area (Å²) < 4.78 is 5.92. The third kappa shape index (κ3) is 6.36. The van der Waals surface area contributed by atoms with Gasteiger partial charge in [-0.05, 0) is 51.2 Å². The second kappa shape index (κ2) is 8.90. The highest BCUT2D eigenvalue weighted by atomic mass is 35.5. The van der Waals surface area contributed by atoms with Crippen molar-refractivity contribution in [1.29, 1.82) is 0 Å². The molecule has 118 valence electrons. The normalized spacial score (nSPS) is 16.1. The summed E-state index contributed by atoms with van der Waals surface area (Å²) in [6, 6.07) is 7.67. The SMILES string of the molecule is CC(N)CCC(=O)Nc1cccc(OC2CCCC2)c1.Cl. The number of anilines is 1. The van der Waals surface area contributed by atoms with Crippen molar-refractivity contribution in [3.05, 3.63) is 24.3 Å². The van der Waals surface area contributed by atoms with Crippen molar-refractivity contribution in [2.45, 2.75) is 57.6 Å². The lowest BCUT2D eigenvalue weighted by Gasteiger charge is -2.14. The van der Waals surface area contributed by atoms with Gasteiger partial charge in [0, 0.05) is 24.2 Å². The summed E-state index contributed by atoms with van der Waals surface area (Å²) in [6.45, 7) is 1.91. The van der Waals surface area contributed by atoms with Gasteiger partial charge in [-0.3, -0.25) is 4.79 Å². The molecule has 3 N–H and O–H groups in total. The van der Waals surface area contributed by atoms with Crippen LogP contribution in [0.15, 0.2) is 24.3 Å². The number of halogens is 1. The van der Waals surface area contributed by atoms with Crippen LogP contribution in [0, 0.1) is 0 Å². The minimum absolute atomic E-state index is 0. The van der Waals surface area contributed by atoms with Gasteiger partial charge in [-0.25, -0.2) is 0 Å². The first-order chi connectivity index (χ1) is 9.63. The topological polar surface area (TPSA) is 64.4 Å². The summed E-state index contributed by atoms with van der Waals surface area (Å²) >= 11 is 0. The zero-order chi connectivity index (χ0) is 14.4. The molecule has 0 saturated heterocycles. The Hall–Kier alpha value is -1.26. The van der Waals surface area contributed by atoms with E-state index >= 15 is 0 Å². The number of hydrogen-bond donors (Lipinski definition) is 2. The largest absolute Gasteiger partial charge is 0.490 e. The number of amides is 1. The molecule has 1 saturated carbocycles. The highest BCUT2D eigenvalue weighted by Crippen LogP contribution is 2.25. The fourth-order valence-electron chi connectivity index (χ4n) is 2.43. The monoisotopic (exact) mass is 312 g/mol. The van der Waals surface area contributed by atoms with Gasteiger partial charge in [0.1, 0.15) is 5.75 Å². The van der Waals surface area contributed by atoms with Crippen LogP contribution in [-0.2, 0) is 4.79 Å². The molecule has 0 radical (unpaired) electrons. The van der Waals surface area contributed by atoms with Crippen LogP contribution < -0.4 is 15.8 Å². The fraction of sp³-hybridized carbons (Fsp3) is 0.562. The number of nitrogens with one attached hydrogen (secondary N) is 1. The Labute approximate surface area is 132 Å². The molecular weight excluding hydrogens is 288 g/mol. The Bertz CT molecular complexity index is 446. The van der Waals surface area contributed by atoms with Crippen LogP contribution in [0.25, 0.3) is 0 Å². The Kier molecular flexibility index (Phi) is 7.54. The van der Waals surface area contributed by atoms with Gasteiger partial charge in [-0.2, -0.15) is 0 Å². The third-order valence-corrected chi connectivity index (χ3v) is 3.55. The summed E-state index contributed by atoms with van der Waals surface area (Å²) in [5, 5.41) is 2.89. The quantitative estimate of drug-likeness (QED) is 0.845. The molecule has 0 spiro atoms. The van der Waals surface area contributed by atoms with E-state index in [1.807, 2.05) is 31.2 Å². The van der Waals surface area contributed by atoms with E-state index in [-0.39, 0.29) is 24.4 Å². The molecule has 4 nitrogen and oxygen atoms in total. The van der Waals surface area contributed by atoms with Crippen molar-refractivity contribution in [1.82, 2.24) is 0 Å². The highest BCUT2D eigenvalue weighted by Gasteiger charge is 2.16. The van der Waals surface area contributed by atoms with Gasteiger partial charge in [0.2, 0.25) is 5.91 Å². The summed E-state index contributed by atoms with van der Waals surface area (Å²) in [6.07, 6.45) is 6.24. The van der Waals surface area contributed by atoms with Gasteiger partial charge in [0.05, 0.1) is 6.10 Å². The highest BCUT2D eigenvalue weighted by molar-refractivity contribution is 5.90. The van der Waals surface area contributed by atoms with Gasteiger partial charge in [0.15, 0.2) is 0 Å². The van der Waals surface area contributed by atoms with Crippen molar-refractivity contribution < 1.29 is 9.53 Å². The Morgan fingerprint density at radius 3 is 2.81 bits per heavy atom. The molecule has 1 aliphatic carbocycles. The molecular formula is C16H25ClN2O2. The summed E-state index contributed by atoms with van der Waals surface area (Å²) in [4.78, 5) is 11.8. The van der Waals surface area contributed by atoms with Gasteiger partial charge in [-0.1, -0.05) is 6.07 Å². The molecule has 5 heteroatoms. The lowest BCUT2D eigenvalue weighted by atomic mass is 10.2. The molecule has 1 aromatic rings. The number of hydrogen-bond acceptors (Lipinski definition) is 3. The van der Waals surface area contributed by atoms with E-state index in [4.69, 9.17) is 10.5 Å². The predicted octanol–water partition coefficient (Wildman–Crippen LogP) is 3.50. The Morgan fingerprint density at radius 1 is 1.43 bits per heavy atom. The molecule has 1 amide bonds. The maximum absolute atomic E-state index is 11.8.